The molecular formula is C23H22F2N4O. The van der Waals surface area contributed by atoms with Gasteiger partial charge in [0.05, 0.1) is 17.5 Å². The molecule has 2 aromatic carbocycles. The molecule has 0 saturated heterocycles. The molecule has 1 aliphatic heterocycles. The van der Waals surface area contributed by atoms with Crippen molar-refractivity contribution in [1.29, 1.82) is 0 Å². The molecule has 2 heterocycles. The van der Waals surface area contributed by atoms with Gasteiger partial charge in [0.2, 0.25) is 0 Å². The molecule has 0 spiro atoms. The number of hydrogen-bond acceptors (Lipinski definition) is 4. The molecule has 1 fully saturated rings. The average molecular weight is 408 g/mol. The van der Waals surface area contributed by atoms with Gasteiger partial charge in [0.1, 0.15) is 12.0 Å². The lowest BCUT2D eigenvalue weighted by atomic mass is 9.82. The van der Waals surface area contributed by atoms with Gasteiger partial charge in [0, 0.05) is 35.0 Å². The van der Waals surface area contributed by atoms with Crippen LogP contribution in [-0.2, 0) is 5.92 Å². The smallest absolute Gasteiger partial charge is 0.298 e. The first-order valence-electron chi connectivity index (χ1n) is 9.98. The minimum atomic E-state index is -3.08. The topological polar surface area (TPSA) is 76.1 Å². The Morgan fingerprint density at radius 1 is 1.03 bits per heavy atom. The fourth-order valence-electron chi connectivity index (χ4n) is 4.17. The van der Waals surface area contributed by atoms with Crippen LogP contribution in [0.5, 0.6) is 0 Å². The third kappa shape index (κ3) is 3.02. The van der Waals surface area contributed by atoms with Gasteiger partial charge in [-0.3, -0.25) is 0 Å². The summed E-state index contributed by atoms with van der Waals surface area (Å²) in [5, 5.41) is 12.8. The van der Waals surface area contributed by atoms with Crippen LogP contribution in [0.25, 0.3) is 17.5 Å². The number of imidazole rings is 1. The quantitative estimate of drug-likeness (QED) is 0.612. The maximum atomic E-state index is 14.9. The van der Waals surface area contributed by atoms with Gasteiger partial charge in [0.25, 0.3) is 5.92 Å². The Morgan fingerprint density at radius 2 is 1.70 bits per heavy atom. The van der Waals surface area contributed by atoms with E-state index >= 15 is 0 Å². The number of benzene rings is 2. The van der Waals surface area contributed by atoms with E-state index < -0.39 is 12.1 Å². The summed E-state index contributed by atoms with van der Waals surface area (Å²) in [6, 6.07) is 14.0. The molecule has 2 aliphatic rings. The summed E-state index contributed by atoms with van der Waals surface area (Å²) in [6.07, 6.45) is 4.20. The molecule has 0 amide bonds. The summed E-state index contributed by atoms with van der Waals surface area (Å²) < 4.78 is 31.7. The number of aliphatic hydroxyl groups excluding tert-OH is 1. The fraction of sp³-hybridized carbons (Fsp3) is 0.261. The highest BCUT2D eigenvalue weighted by Gasteiger charge is 2.36. The van der Waals surface area contributed by atoms with E-state index in [0.29, 0.717) is 18.5 Å². The van der Waals surface area contributed by atoms with E-state index in [-0.39, 0.29) is 23.1 Å². The average Bonchev–Trinajstić information content (AvgIpc) is 3.13. The van der Waals surface area contributed by atoms with Crippen molar-refractivity contribution >= 4 is 6.20 Å². The summed E-state index contributed by atoms with van der Waals surface area (Å²) in [6.45, 7) is 0. The van der Waals surface area contributed by atoms with Crippen LogP contribution in [0.2, 0.25) is 0 Å². The summed E-state index contributed by atoms with van der Waals surface area (Å²) in [4.78, 5) is 4.81. The van der Waals surface area contributed by atoms with Crippen LogP contribution in [0.3, 0.4) is 0 Å². The number of nitrogens with two attached hydrogens (primary N) is 1. The maximum absolute atomic E-state index is 14.9. The Bertz CT molecular complexity index is 1090. The van der Waals surface area contributed by atoms with Crippen LogP contribution in [-0.4, -0.2) is 20.8 Å². The fourth-order valence-corrected chi connectivity index (χ4v) is 4.17. The van der Waals surface area contributed by atoms with Crippen LogP contribution >= 0.6 is 0 Å². The molecule has 30 heavy (non-hydrogen) atoms. The molecule has 0 radical (unpaired) electrons. The van der Waals surface area contributed by atoms with Crippen LogP contribution < -0.4 is 11.1 Å². The monoisotopic (exact) mass is 408 g/mol. The lowest BCUT2D eigenvalue weighted by Gasteiger charge is -2.31. The van der Waals surface area contributed by atoms with Gasteiger partial charge in [-0.2, -0.15) is 8.78 Å². The zero-order chi connectivity index (χ0) is 20.9. The number of rotatable bonds is 4. The maximum Gasteiger partial charge on any atom is 0.298 e. The molecule has 1 aromatic heterocycles. The first-order chi connectivity index (χ1) is 14.4. The van der Waals surface area contributed by atoms with E-state index in [2.05, 4.69) is 5.32 Å². The lowest BCUT2D eigenvalue weighted by Crippen LogP contribution is -2.32. The molecule has 154 valence electrons. The van der Waals surface area contributed by atoms with Crippen molar-refractivity contribution in [3.8, 4) is 11.3 Å². The number of hydrogen-bond donors (Lipinski definition) is 3. The standard InChI is InChI=1S/C23H22F2N4O/c24-23(25,16-4-2-1-3-5-16)17-8-6-14(7-9-17)19-20-21(26)27-10-11-29(20)22(28-19)15-12-18(30)13-15/h1-11,15,18,21,27,30H,12-13,26H2. The van der Waals surface area contributed by atoms with E-state index in [1.165, 1.54) is 24.3 Å². The van der Waals surface area contributed by atoms with Gasteiger partial charge in [-0.05, 0) is 12.8 Å². The van der Waals surface area contributed by atoms with E-state index in [0.717, 1.165) is 17.1 Å². The number of nitrogens with one attached hydrogen (secondary N) is 1. The van der Waals surface area contributed by atoms with Gasteiger partial charge in [-0.1, -0.05) is 54.6 Å². The third-order valence-corrected chi connectivity index (χ3v) is 5.90. The largest absolute Gasteiger partial charge is 0.393 e. The molecule has 0 bridgehead atoms. The summed E-state index contributed by atoms with van der Waals surface area (Å²) in [5.74, 6) is -2.08. The SMILES string of the molecule is NC1NC=Cn2c(C3CC(O)C3)nc(-c3ccc(C(F)(F)c4ccccc4)cc3)c21. The number of aromatic nitrogens is 2. The second kappa shape index (κ2) is 7.04. The van der Waals surface area contributed by atoms with Gasteiger partial charge in [-0.25, -0.2) is 4.98 Å². The molecule has 4 N–H and O–H groups in total. The first kappa shape index (κ1) is 19.0. The van der Waals surface area contributed by atoms with E-state index in [4.69, 9.17) is 10.7 Å². The van der Waals surface area contributed by atoms with Gasteiger partial charge in [-0.15, -0.1) is 0 Å². The van der Waals surface area contributed by atoms with E-state index in [9.17, 15) is 13.9 Å². The number of halogens is 2. The van der Waals surface area contributed by atoms with Crippen LogP contribution in [0.4, 0.5) is 8.78 Å². The van der Waals surface area contributed by atoms with Crippen molar-refractivity contribution in [1.82, 2.24) is 14.9 Å². The molecular weight excluding hydrogens is 386 g/mol. The Balaban J connectivity index is 1.53. The van der Waals surface area contributed by atoms with Gasteiger partial charge >= 0.3 is 0 Å². The van der Waals surface area contributed by atoms with Crippen molar-refractivity contribution in [2.45, 2.75) is 37.0 Å². The minimum absolute atomic E-state index is 0.0423. The number of aliphatic hydroxyl groups is 1. The predicted molar refractivity (Wildman–Crippen MR) is 110 cm³/mol. The van der Waals surface area contributed by atoms with Crippen molar-refractivity contribution in [3.05, 3.63) is 83.4 Å². The van der Waals surface area contributed by atoms with Crippen molar-refractivity contribution in [2.24, 2.45) is 5.73 Å². The summed E-state index contributed by atoms with van der Waals surface area (Å²) in [7, 11) is 0. The highest BCUT2D eigenvalue weighted by molar-refractivity contribution is 5.66. The molecule has 1 aliphatic carbocycles. The van der Waals surface area contributed by atoms with Gasteiger partial charge < -0.3 is 20.7 Å². The van der Waals surface area contributed by atoms with Crippen molar-refractivity contribution in [3.63, 3.8) is 0 Å². The summed E-state index contributed by atoms with van der Waals surface area (Å²) >= 11 is 0. The first-order valence-corrected chi connectivity index (χ1v) is 9.98. The molecule has 7 heteroatoms. The second-order valence-electron chi connectivity index (χ2n) is 7.87. The molecule has 5 rings (SSSR count). The minimum Gasteiger partial charge on any atom is -0.393 e. The van der Waals surface area contributed by atoms with Crippen LogP contribution in [0, 0.1) is 0 Å². The summed E-state index contributed by atoms with van der Waals surface area (Å²) in [5.41, 5.74) is 8.34. The molecule has 1 atom stereocenters. The van der Waals surface area contributed by atoms with Crippen LogP contribution in [0.15, 0.2) is 60.8 Å². The Hall–Kier alpha value is -3.03. The third-order valence-electron chi connectivity index (χ3n) is 5.90. The second-order valence-corrected chi connectivity index (χ2v) is 7.87. The van der Waals surface area contributed by atoms with Crippen LogP contribution in [0.1, 0.15) is 47.6 Å². The lowest BCUT2D eigenvalue weighted by molar-refractivity contribution is 0.0428. The van der Waals surface area contributed by atoms with Crippen molar-refractivity contribution < 1.29 is 13.9 Å². The normalized spacial score (nSPS) is 22.9. The number of alkyl halides is 2. The highest BCUT2D eigenvalue weighted by atomic mass is 19.3. The Kier molecular flexibility index (Phi) is 4.45. The Morgan fingerprint density at radius 3 is 2.37 bits per heavy atom. The molecule has 1 unspecified atom stereocenters. The molecule has 3 aromatic rings. The molecule has 1 saturated carbocycles. The molecule has 5 nitrogen and oxygen atoms in total. The Labute approximate surface area is 172 Å². The van der Waals surface area contributed by atoms with Crippen molar-refractivity contribution in [2.75, 3.05) is 0 Å². The number of nitrogens with zero attached hydrogens (tertiary/aromatic N) is 2. The zero-order valence-corrected chi connectivity index (χ0v) is 16.2. The predicted octanol–water partition coefficient (Wildman–Crippen LogP) is 3.92. The van der Waals surface area contributed by atoms with E-state index in [1.54, 1.807) is 36.5 Å². The highest BCUT2D eigenvalue weighted by Crippen LogP contribution is 2.41. The van der Waals surface area contributed by atoms with Gasteiger partial charge in [0.15, 0.2) is 0 Å². The van der Waals surface area contributed by atoms with E-state index in [1.807, 2.05) is 10.8 Å². The number of fused-ring (bicyclic) bond motifs is 1. The zero-order valence-electron chi connectivity index (χ0n) is 16.2.